The van der Waals surface area contributed by atoms with Gasteiger partial charge in [-0.05, 0) is 69.9 Å². The quantitative estimate of drug-likeness (QED) is 0.472. The first kappa shape index (κ1) is 25.0. The minimum atomic E-state index is 0.319. The predicted molar refractivity (Wildman–Crippen MR) is 143 cm³/mol. The Morgan fingerprint density at radius 3 is 2.46 bits per heavy atom. The Kier molecular flexibility index (Phi) is 8.96. The average Bonchev–Trinajstić information content (AvgIpc) is 3.65. The Labute approximate surface area is 212 Å². The van der Waals surface area contributed by atoms with E-state index in [0.29, 0.717) is 24.7 Å². The first-order valence-corrected chi connectivity index (χ1v) is 14.7. The summed E-state index contributed by atoms with van der Waals surface area (Å²) < 4.78 is 12.7. The highest BCUT2D eigenvalue weighted by molar-refractivity contribution is 5.67. The van der Waals surface area contributed by atoms with E-state index in [4.69, 9.17) is 9.26 Å². The van der Waals surface area contributed by atoms with Gasteiger partial charge in [0, 0.05) is 23.1 Å². The number of nitrogens with one attached hydrogen (secondary N) is 1. The van der Waals surface area contributed by atoms with Crippen molar-refractivity contribution in [3.8, 4) is 11.3 Å². The molecular formula is C31H46N2O2. The zero-order valence-electron chi connectivity index (χ0n) is 21.9. The fourth-order valence-corrected chi connectivity index (χ4v) is 6.35. The van der Waals surface area contributed by atoms with Crippen LogP contribution in [-0.2, 0) is 11.3 Å². The highest BCUT2D eigenvalue weighted by Gasteiger charge is 2.34. The van der Waals surface area contributed by atoms with E-state index in [1.807, 2.05) is 0 Å². The minimum absolute atomic E-state index is 0.319. The number of aryl methyl sites for hydroxylation is 1. The maximum atomic E-state index is 6.79. The van der Waals surface area contributed by atoms with Gasteiger partial charge in [-0.2, -0.15) is 0 Å². The van der Waals surface area contributed by atoms with Gasteiger partial charge in [-0.15, -0.1) is 0 Å². The monoisotopic (exact) mass is 478 g/mol. The molecule has 2 heterocycles. The lowest BCUT2D eigenvalue weighted by Crippen LogP contribution is -2.33. The lowest BCUT2D eigenvalue weighted by atomic mass is 9.92. The van der Waals surface area contributed by atoms with Crippen molar-refractivity contribution in [2.24, 2.45) is 5.92 Å². The van der Waals surface area contributed by atoms with Crippen molar-refractivity contribution in [3.05, 3.63) is 41.2 Å². The number of ether oxygens (including phenoxy) is 1. The van der Waals surface area contributed by atoms with Crippen LogP contribution in [0.25, 0.3) is 11.3 Å². The molecule has 4 nitrogen and oxygen atoms in total. The molecule has 1 aromatic heterocycles. The second-order valence-electron chi connectivity index (χ2n) is 11.6. The third-order valence-electron chi connectivity index (χ3n) is 8.67. The molecule has 2 aliphatic carbocycles. The van der Waals surface area contributed by atoms with Crippen molar-refractivity contribution < 1.29 is 9.26 Å². The van der Waals surface area contributed by atoms with Crippen molar-refractivity contribution in [2.45, 2.75) is 128 Å². The number of rotatable bonds is 5. The largest absolute Gasteiger partial charge is 0.373 e. The molecule has 1 saturated heterocycles. The number of benzene rings is 1. The molecule has 0 amide bonds. The molecule has 0 spiro atoms. The van der Waals surface area contributed by atoms with Crippen LogP contribution in [0.2, 0.25) is 0 Å². The lowest BCUT2D eigenvalue weighted by Gasteiger charge is -2.23. The van der Waals surface area contributed by atoms with Gasteiger partial charge in [0.25, 0.3) is 0 Å². The maximum Gasteiger partial charge on any atom is 0.145 e. The van der Waals surface area contributed by atoms with Crippen molar-refractivity contribution in [1.29, 1.82) is 0 Å². The van der Waals surface area contributed by atoms with Crippen LogP contribution in [0.15, 0.2) is 28.8 Å². The Balaban J connectivity index is 1.29. The van der Waals surface area contributed by atoms with Gasteiger partial charge in [0.05, 0.1) is 12.7 Å². The summed E-state index contributed by atoms with van der Waals surface area (Å²) in [5.41, 5.74) is 4.63. The fraction of sp³-hybridized carbons (Fsp3) is 0.710. The molecule has 1 aliphatic heterocycles. The molecule has 2 saturated carbocycles. The van der Waals surface area contributed by atoms with E-state index in [-0.39, 0.29) is 0 Å². The zero-order chi connectivity index (χ0) is 23.9. The number of aromatic nitrogens is 1. The summed E-state index contributed by atoms with van der Waals surface area (Å²) in [6.45, 7) is 3.96. The molecule has 2 aromatic rings. The highest BCUT2D eigenvalue weighted by Crippen LogP contribution is 2.45. The van der Waals surface area contributed by atoms with Crippen LogP contribution < -0.4 is 5.32 Å². The lowest BCUT2D eigenvalue weighted by molar-refractivity contribution is 0.0179. The number of fused-ring (bicyclic) bond motifs is 3. The first-order chi connectivity index (χ1) is 17.3. The second-order valence-corrected chi connectivity index (χ2v) is 11.6. The van der Waals surface area contributed by atoms with E-state index >= 15 is 0 Å². The molecule has 5 rings (SSSR count). The van der Waals surface area contributed by atoms with E-state index in [0.717, 1.165) is 30.3 Å². The SMILES string of the molecule is Cc1ccccc1-c1noc(C2CC2)c1COC1CC2CCCCCCCCCCNC(CC2)C1. The number of nitrogens with zero attached hydrogens (tertiary/aromatic N) is 1. The molecule has 3 fully saturated rings. The van der Waals surface area contributed by atoms with E-state index in [2.05, 4.69) is 41.7 Å². The maximum absolute atomic E-state index is 6.79. The third kappa shape index (κ3) is 6.98. The zero-order valence-corrected chi connectivity index (χ0v) is 21.9. The summed E-state index contributed by atoms with van der Waals surface area (Å²) in [6.07, 6.45) is 20.3. The summed E-state index contributed by atoms with van der Waals surface area (Å²) >= 11 is 0. The Hall–Kier alpha value is -1.65. The summed E-state index contributed by atoms with van der Waals surface area (Å²) in [7, 11) is 0. The van der Waals surface area contributed by atoms with Gasteiger partial charge < -0.3 is 14.6 Å². The van der Waals surface area contributed by atoms with Gasteiger partial charge in [-0.1, -0.05) is 80.8 Å². The molecule has 35 heavy (non-hydrogen) atoms. The molecule has 3 atom stereocenters. The van der Waals surface area contributed by atoms with Crippen LogP contribution in [0, 0.1) is 12.8 Å². The highest BCUT2D eigenvalue weighted by atomic mass is 16.5. The van der Waals surface area contributed by atoms with Crippen LogP contribution in [0.4, 0.5) is 0 Å². The molecule has 3 unspecified atom stereocenters. The van der Waals surface area contributed by atoms with E-state index in [9.17, 15) is 0 Å². The molecule has 1 aromatic carbocycles. The molecule has 4 heteroatoms. The van der Waals surface area contributed by atoms with Crippen LogP contribution in [0.5, 0.6) is 0 Å². The van der Waals surface area contributed by atoms with Gasteiger partial charge >= 0.3 is 0 Å². The number of hydrogen-bond donors (Lipinski definition) is 1. The standard InChI is InChI=1S/C31H46N2O2/c1-23-12-9-10-14-28(23)30-29(31(35-33-30)25-16-17-25)22-34-27-20-24-13-8-6-4-2-3-5-7-11-19-32-26(21-27)18-15-24/h9-10,12,14,24-27,32H,2-8,11,13,15-22H2,1H3. The van der Waals surface area contributed by atoms with E-state index in [1.165, 1.54) is 107 Å². The Morgan fingerprint density at radius 1 is 0.886 bits per heavy atom. The second kappa shape index (κ2) is 12.5. The third-order valence-corrected chi connectivity index (χ3v) is 8.67. The van der Waals surface area contributed by atoms with Gasteiger partial charge in [0.15, 0.2) is 0 Å². The fourth-order valence-electron chi connectivity index (χ4n) is 6.35. The van der Waals surface area contributed by atoms with Gasteiger partial charge in [0.2, 0.25) is 0 Å². The number of hydrogen-bond acceptors (Lipinski definition) is 4. The Bertz CT molecular complexity index is 896. The summed E-state index contributed by atoms with van der Waals surface area (Å²) in [6, 6.07) is 9.12. The first-order valence-electron chi connectivity index (χ1n) is 14.7. The van der Waals surface area contributed by atoms with Crippen molar-refractivity contribution in [1.82, 2.24) is 10.5 Å². The topological polar surface area (TPSA) is 47.3 Å². The summed E-state index contributed by atoms with van der Waals surface area (Å²) in [5.74, 6) is 2.42. The predicted octanol–water partition coefficient (Wildman–Crippen LogP) is 8.09. The summed E-state index contributed by atoms with van der Waals surface area (Å²) in [4.78, 5) is 0. The van der Waals surface area contributed by atoms with Crippen molar-refractivity contribution in [3.63, 3.8) is 0 Å². The normalized spacial score (nSPS) is 27.2. The van der Waals surface area contributed by atoms with E-state index in [1.54, 1.807) is 0 Å². The summed E-state index contributed by atoms with van der Waals surface area (Å²) in [5, 5.41) is 8.48. The molecule has 2 bridgehead atoms. The molecule has 1 N–H and O–H groups in total. The van der Waals surface area contributed by atoms with Gasteiger partial charge in [-0.25, -0.2) is 0 Å². The minimum Gasteiger partial charge on any atom is -0.373 e. The van der Waals surface area contributed by atoms with Crippen molar-refractivity contribution in [2.75, 3.05) is 6.54 Å². The smallest absolute Gasteiger partial charge is 0.145 e. The average molecular weight is 479 g/mol. The van der Waals surface area contributed by atoms with Gasteiger partial charge in [0.1, 0.15) is 11.5 Å². The van der Waals surface area contributed by atoms with Gasteiger partial charge in [-0.3, -0.25) is 0 Å². The molecular weight excluding hydrogens is 432 g/mol. The Morgan fingerprint density at radius 2 is 1.66 bits per heavy atom. The van der Waals surface area contributed by atoms with Crippen LogP contribution >= 0.6 is 0 Å². The van der Waals surface area contributed by atoms with E-state index < -0.39 is 0 Å². The molecule has 192 valence electrons. The molecule has 3 aliphatic rings. The van der Waals surface area contributed by atoms with Crippen LogP contribution in [0.1, 0.15) is 119 Å². The van der Waals surface area contributed by atoms with Crippen molar-refractivity contribution >= 4 is 0 Å². The van der Waals surface area contributed by atoms with Crippen LogP contribution in [-0.4, -0.2) is 23.8 Å². The molecule has 0 radical (unpaired) electrons. The van der Waals surface area contributed by atoms with Crippen LogP contribution in [0.3, 0.4) is 0 Å².